The Bertz CT molecular complexity index is 1610. The van der Waals surface area contributed by atoms with Gasteiger partial charge in [0.15, 0.2) is 10.9 Å². The molecule has 0 unspecified atom stereocenters. The Hall–Kier alpha value is -3.42. The zero-order valence-corrected chi connectivity index (χ0v) is 20.6. The highest BCUT2D eigenvalue weighted by Crippen LogP contribution is 2.33. The molecule has 3 heterocycles. The molecule has 0 bridgehead atoms. The number of rotatable bonds is 7. The van der Waals surface area contributed by atoms with Gasteiger partial charge in [-0.1, -0.05) is 65.9 Å². The van der Waals surface area contributed by atoms with Gasteiger partial charge in [0.2, 0.25) is 0 Å². The molecule has 0 aliphatic carbocycles. The molecule has 0 aliphatic heterocycles. The number of nitrogens with zero attached hydrogens (tertiary/aromatic N) is 2. The molecule has 0 radical (unpaired) electrons. The first-order valence-electron chi connectivity index (χ1n) is 10.9. The molecule has 0 atom stereocenters. The molecule has 3 aromatic heterocycles. The molecule has 7 heteroatoms. The number of H-pyrrole nitrogens is 1. The van der Waals surface area contributed by atoms with Crippen molar-refractivity contribution in [2.75, 3.05) is 5.75 Å². The Morgan fingerprint density at radius 3 is 2.71 bits per heavy atom. The number of aryl methyl sites for hydroxylation is 2. The Labute approximate surface area is 205 Å². The van der Waals surface area contributed by atoms with Gasteiger partial charge in [0, 0.05) is 39.6 Å². The van der Waals surface area contributed by atoms with Gasteiger partial charge in [0.25, 0.3) is 5.56 Å². The fraction of sp³-hybridized carbons (Fsp3) is 0.148. The van der Waals surface area contributed by atoms with Gasteiger partial charge in [0.05, 0.1) is 11.1 Å². The van der Waals surface area contributed by atoms with Crippen LogP contribution >= 0.6 is 23.1 Å². The third kappa shape index (κ3) is 3.91. The topological polar surface area (TPSA) is 67.8 Å². The smallest absolute Gasteiger partial charge is 0.263 e. The predicted molar refractivity (Wildman–Crippen MR) is 142 cm³/mol. The van der Waals surface area contributed by atoms with Crippen molar-refractivity contribution in [1.82, 2.24) is 14.5 Å². The minimum absolute atomic E-state index is 0.00553. The third-order valence-electron chi connectivity index (χ3n) is 5.84. The van der Waals surface area contributed by atoms with E-state index < -0.39 is 0 Å². The summed E-state index contributed by atoms with van der Waals surface area (Å²) in [5.41, 5.74) is 5.42. The predicted octanol–water partition coefficient (Wildman–Crippen LogP) is 6.38. The maximum Gasteiger partial charge on any atom is 0.263 e. The van der Waals surface area contributed by atoms with E-state index in [0.717, 1.165) is 27.7 Å². The Kier molecular flexibility index (Phi) is 5.98. The highest BCUT2D eigenvalue weighted by molar-refractivity contribution is 7.99. The van der Waals surface area contributed by atoms with Gasteiger partial charge in [-0.2, -0.15) is 0 Å². The molecular weight excluding hydrogens is 462 g/mol. The molecule has 0 spiro atoms. The lowest BCUT2D eigenvalue weighted by atomic mass is 10.1. The minimum atomic E-state index is -0.111. The lowest BCUT2D eigenvalue weighted by Crippen LogP contribution is -2.23. The number of thiophene rings is 1. The Balaban J connectivity index is 1.52. The summed E-state index contributed by atoms with van der Waals surface area (Å²) in [6.45, 7) is 8.09. The van der Waals surface area contributed by atoms with Gasteiger partial charge < -0.3 is 4.98 Å². The number of hydrogen-bond donors (Lipinski definition) is 1. The number of Topliss-reactive ketones (excluding diaryl/α,β-unsaturated/α-hetero) is 1. The normalized spacial score (nSPS) is 11.4. The molecule has 5 nitrogen and oxygen atoms in total. The quantitative estimate of drug-likeness (QED) is 0.126. The van der Waals surface area contributed by atoms with Crippen LogP contribution in [0, 0.1) is 13.8 Å². The average molecular weight is 486 g/mol. The van der Waals surface area contributed by atoms with E-state index in [-0.39, 0.29) is 17.1 Å². The standard InChI is InChI=1S/C27H23N3O2S2/c1-4-13-30-26(32)24-20(18-11-9-16(2)10-12-18)14-33-25(24)29-27(30)34-15-22(31)23-17(3)28-21-8-6-5-7-19(21)23/h4-12,14,28H,1,13,15H2,2-3H3. The number of hydrogen-bond acceptors (Lipinski definition) is 5. The van der Waals surface area contributed by atoms with Crippen molar-refractivity contribution in [3.8, 4) is 11.1 Å². The number of nitrogens with one attached hydrogen (secondary N) is 1. The summed E-state index contributed by atoms with van der Waals surface area (Å²) in [6, 6.07) is 15.9. The molecule has 0 saturated carbocycles. The summed E-state index contributed by atoms with van der Waals surface area (Å²) in [7, 11) is 0. The molecule has 2 aromatic carbocycles. The Morgan fingerprint density at radius 2 is 1.94 bits per heavy atom. The molecular formula is C27H23N3O2S2. The van der Waals surface area contributed by atoms with Crippen molar-refractivity contribution in [3.63, 3.8) is 0 Å². The molecule has 34 heavy (non-hydrogen) atoms. The van der Waals surface area contributed by atoms with E-state index in [0.29, 0.717) is 27.5 Å². The monoisotopic (exact) mass is 485 g/mol. The van der Waals surface area contributed by atoms with Crippen LogP contribution in [0.15, 0.2) is 76.5 Å². The minimum Gasteiger partial charge on any atom is -0.358 e. The molecule has 5 aromatic rings. The number of fused-ring (bicyclic) bond motifs is 2. The van der Waals surface area contributed by atoms with E-state index in [1.165, 1.54) is 28.7 Å². The van der Waals surface area contributed by atoms with Gasteiger partial charge in [-0.15, -0.1) is 17.9 Å². The van der Waals surface area contributed by atoms with E-state index in [9.17, 15) is 9.59 Å². The molecule has 0 fully saturated rings. The number of benzene rings is 2. The number of allylic oxidation sites excluding steroid dienone is 1. The van der Waals surface area contributed by atoms with Crippen molar-refractivity contribution in [2.24, 2.45) is 0 Å². The SMILES string of the molecule is C=CCn1c(SCC(=O)c2c(C)[nH]c3ccccc23)nc2scc(-c3ccc(C)cc3)c2c1=O. The summed E-state index contributed by atoms with van der Waals surface area (Å²) in [5, 5.41) is 4.04. The van der Waals surface area contributed by atoms with Crippen LogP contribution in [0.1, 0.15) is 21.6 Å². The number of aromatic nitrogens is 3. The van der Waals surface area contributed by atoms with Crippen LogP contribution in [0.2, 0.25) is 0 Å². The summed E-state index contributed by atoms with van der Waals surface area (Å²) >= 11 is 2.74. The number of ketones is 1. The summed E-state index contributed by atoms with van der Waals surface area (Å²) in [4.78, 5) is 35.5. The lowest BCUT2D eigenvalue weighted by molar-refractivity contribution is 0.102. The second kappa shape index (κ2) is 9.08. The van der Waals surface area contributed by atoms with E-state index in [1.54, 1.807) is 10.6 Å². The van der Waals surface area contributed by atoms with Crippen molar-refractivity contribution in [2.45, 2.75) is 25.5 Å². The third-order valence-corrected chi connectivity index (χ3v) is 7.69. The molecule has 5 rings (SSSR count). The van der Waals surface area contributed by atoms with Gasteiger partial charge in [0.1, 0.15) is 4.83 Å². The van der Waals surface area contributed by atoms with Gasteiger partial charge in [-0.3, -0.25) is 14.2 Å². The number of thioether (sulfide) groups is 1. The van der Waals surface area contributed by atoms with E-state index >= 15 is 0 Å². The van der Waals surface area contributed by atoms with Crippen molar-refractivity contribution < 1.29 is 4.79 Å². The molecule has 170 valence electrons. The van der Waals surface area contributed by atoms with Gasteiger partial charge in [-0.05, 0) is 25.5 Å². The van der Waals surface area contributed by atoms with Crippen LogP contribution in [0.25, 0.3) is 32.2 Å². The number of para-hydroxylation sites is 1. The lowest BCUT2D eigenvalue weighted by Gasteiger charge is -2.11. The zero-order chi connectivity index (χ0) is 23.8. The summed E-state index contributed by atoms with van der Waals surface area (Å²) < 4.78 is 1.61. The second-order valence-electron chi connectivity index (χ2n) is 8.18. The van der Waals surface area contributed by atoms with Crippen LogP contribution in [-0.2, 0) is 6.54 Å². The first kappa shape index (κ1) is 22.4. The molecule has 0 aliphatic rings. The average Bonchev–Trinajstić information content (AvgIpc) is 3.40. The van der Waals surface area contributed by atoms with Crippen molar-refractivity contribution in [3.05, 3.63) is 93.7 Å². The maximum absolute atomic E-state index is 13.5. The Morgan fingerprint density at radius 1 is 1.18 bits per heavy atom. The van der Waals surface area contributed by atoms with Gasteiger partial charge in [-0.25, -0.2) is 4.98 Å². The van der Waals surface area contributed by atoms with Crippen LogP contribution in [0.5, 0.6) is 0 Å². The number of carbonyl (C=O) groups is 1. The fourth-order valence-electron chi connectivity index (χ4n) is 4.19. The van der Waals surface area contributed by atoms with Gasteiger partial charge >= 0.3 is 0 Å². The van der Waals surface area contributed by atoms with Crippen LogP contribution in [0.3, 0.4) is 0 Å². The number of carbonyl (C=O) groups excluding carboxylic acids is 1. The van der Waals surface area contributed by atoms with Crippen LogP contribution < -0.4 is 5.56 Å². The first-order valence-corrected chi connectivity index (χ1v) is 12.8. The van der Waals surface area contributed by atoms with E-state index in [1.807, 2.05) is 67.8 Å². The first-order chi connectivity index (χ1) is 16.5. The maximum atomic E-state index is 13.5. The van der Waals surface area contributed by atoms with Crippen LogP contribution in [0.4, 0.5) is 0 Å². The van der Waals surface area contributed by atoms with E-state index in [2.05, 4.69) is 11.6 Å². The van der Waals surface area contributed by atoms with E-state index in [4.69, 9.17) is 4.98 Å². The molecule has 1 N–H and O–H groups in total. The van der Waals surface area contributed by atoms with Crippen LogP contribution in [-0.4, -0.2) is 26.1 Å². The molecule has 0 amide bonds. The summed E-state index contributed by atoms with van der Waals surface area (Å²) in [6.07, 6.45) is 1.68. The summed E-state index contributed by atoms with van der Waals surface area (Å²) in [5.74, 6) is 0.194. The van der Waals surface area contributed by atoms with Crippen molar-refractivity contribution in [1.29, 1.82) is 0 Å². The molecule has 0 saturated heterocycles. The fourth-order valence-corrected chi connectivity index (χ4v) is 6.06. The largest absolute Gasteiger partial charge is 0.358 e. The highest BCUT2D eigenvalue weighted by atomic mass is 32.2. The number of aromatic amines is 1. The van der Waals surface area contributed by atoms with Crippen molar-refractivity contribution >= 4 is 50.0 Å². The second-order valence-corrected chi connectivity index (χ2v) is 9.98. The highest BCUT2D eigenvalue weighted by Gasteiger charge is 2.20. The zero-order valence-electron chi connectivity index (χ0n) is 18.9.